The molecule has 0 radical (unpaired) electrons. The van der Waals surface area contributed by atoms with E-state index in [0.717, 1.165) is 10.8 Å². The van der Waals surface area contributed by atoms with Gasteiger partial charge in [0.05, 0.1) is 13.0 Å². The lowest BCUT2D eigenvalue weighted by Gasteiger charge is -2.07. The summed E-state index contributed by atoms with van der Waals surface area (Å²) >= 11 is 2.29. The van der Waals surface area contributed by atoms with Crippen molar-refractivity contribution >= 4 is 34.3 Å². The van der Waals surface area contributed by atoms with Gasteiger partial charge in [-0.1, -0.05) is 22.6 Å². The van der Waals surface area contributed by atoms with Crippen molar-refractivity contribution in [3.63, 3.8) is 0 Å². The average Bonchev–Trinajstić information content (AvgIpc) is 2.48. The van der Waals surface area contributed by atoms with Gasteiger partial charge in [-0.2, -0.15) is 0 Å². The SMILES string of the molecule is CCOC(=O)C[C@H]1C[C@H](CI)CC1=O. The summed E-state index contributed by atoms with van der Waals surface area (Å²) in [5, 5.41) is 0. The van der Waals surface area contributed by atoms with Crippen LogP contribution in [0.1, 0.15) is 26.2 Å². The summed E-state index contributed by atoms with van der Waals surface area (Å²) in [4.78, 5) is 22.6. The Morgan fingerprint density at radius 2 is 2.36 bits per heavy atom. The maximum absolute atomic E-state index is 11.5. The first kappa shape index (κ1) is 11.9. The minimum Gasteiger partial charge on any atom is -0.466 e. The predicted molar refractivity (Wildman–Crippen MR) is 61.4 cm³/mol. The monoisotopic (exact) mass is 310 g/mol. The molecule has 0 N–H and O–H groups in total. The number of hydrogen-bond donors (Lipinski definition) is 0. The Morgan fingerprint density at radius 3 is 2.86 bits per heavy atom. The van der Waals surface area contributed by atoms with Crippen LogP contribution in [0, 0.1) is 11.8 Å². The Labute approximate surface area is 97.7 Å². The molecule has 1 aliphatic rings. The van der Waals surface area contributed by atoms with Crippen LogP contribution in [-0.4, -0.2) is 22.8 Å². The van der Waals surface area contributed by atoms with Gasteiger partial charge in [0.1, 0.15) is 5.78 Å². The zero-order valence-corrected chi connectivity index (χ0v) is 10.5. The second-order valence-electron chi connectivity index (χ2n) is 3.63. The van der Waals surface area contributed by atoms with Crippen LogP contribution in [0.4, 0.5) is 0 Å². The number of ketones is 1. The summed E-state index contributed by atoms with van der Waals surface area (Å²) in [7, 11) is 0. The van der Waals surface area contributed by atoms with E-state index in [9.17, 15) is 9.59 Å². The second kappa shape index (κ2) is 5.68. The standard InChI is InChI=1S/C10H15IO3/c1-2-14-10(13)5-8-3-7(6-11)4-9(8)12/h7-8H,2-6H2,1H3/t7-,8+/m0/s1. The van der Waals surface area contributed by atoms with Gasteiger partial charge in [0, 0.05) is 16.8 Å². The van der Waals surface area contributed by atoms with E-state index < -0.39 is 0 Å². The molecule has 4 heteroatoms. The summed E-state index contributed by atoms with van der Waals surface area (Å²) < 4.78 is 5.83. The van der Waals surface area contributed by atoms with Crippen LogP contribution in [-0.2, 0) is 14.3 Å². The molecule has 2 atom stereocenters. The molecule has 0 heterocycles. The summed E-state index contributed by atoms with van der Waals surface area (Å²) in [6, 6.07) is 0. The molecule has 0 aliphatic heterocycles. The number of ether oxygens (including phenoxy) is 1. The molecule has 1 fully saturated rings. The maximum Gasteiger partial charge on any atom is 0.306 e. The molecular weight excluding hydrogens is 295 g/mol. The molecule has 1 saturated carbocycles. The second-order valence-corrected chi connectivity index (χ2v) is 4.51. The number of Topliss-reactive ketones (excluding diaryl/α,β-unsaturated/α-hetero) is 1. The van der Waals surface area contributed by atoms with Gasteiger partial charge in [-0.05, 0) is 19.3 Å². The largest absolute Gasteiger partial charge is 0.466 e. The fourth-order valence-electron chi connectivity index (χ4n) is 1.80. The van der Waals surface area contributed by atoms with Crippen LogP contribution in [0.3, 0.4) is 0 Å². The van der Waals surface area contributed by atoms with Gasteiger partial charge in [-0.3, -0.25) is 9.59 Å². The van der Waals surface area contributed by atoms with Crippen molar-refractivity contribution in [3.8, 4) is 0 Å². The van der Waals surface area contributed by atoms with Crippen molar-refractivity contribution in [2.45, 2.75) is 26.2 Å². The highest BCUT2D eigenvalue weighted by atomic mass is 127. The minimum absolute atomic E-state index is 0.0752. The first-order valence-electron chi connectivity index (χ1n) is 4.91. The van der Waals surface area contributed by atoms with Crippen LogP contribution in [0.25, 0.3) is 0 Å². The van der Waals surface area contributed by atoms with Gasteiger partial charge in [0.2, 0.25) is 0 Å². The molecule has 3 nitrogen and oxygen atoms in total. The number of carbonyl (C=O) groups is 2. The molecule has 0 aromatic heterocycles. The van der Waals surface area contributed by atoms with Gasteiger partial charge in [0.15, 0.2) is 0 Å². The third-order valence-corrected chi connectivity index (χ3v) is 3.75. The summed E-state index contributed by atoms with van der Waals surface area (Å²) in [6.45, 7) is 2.18. The highest BCUT2D eigenvalue weighted by Gasteiger charge is 2.33. The summed E-state index contributed by atoms with van der Waals surface area (Å²) in [5.41, 5.74) is 0. The number of hydrogen-bond acceptors (Lipinski definition) is 3. The van der Waals surface area contributed by atoms with Crippen molar-refractivity contribution < 1.29 is 14.3 Å². The van der Waals surface area contributed by atoms with E-state index in [1.54, 1.807) is 6.92 Å². The molecule has 0 aromatic carbocycles. The quantitative estimate of drug-likeness (QED) is 0.453. The van der Waals surface area contributed by atoms with Crippen molar-refractivity contribution in [3.05, 3.63) is 0 Å². The van der Waals surface area contributed by atoms with Crippen molar-refractivity contribution in [1.82, 2.24) is 0 Å². The van der Waals surface area contributed by atoms with Crippen molar-refractivity contribution in [2.24, 2.45) is 11.8 Å². The van der Waals surface area contributed by atoms with Crippen LogP contribution in [0.15, 0.2) is 0 Å². The van der Waals surface area contributed by atoms with Gasteiger partial charge < -0.3 is 4.74 Å². The summed E-state index contributed by atoms with van der Waals surface area (Å²) in [6.07, 6.45) is 1.79. The third kappa shape index (κ3) is 3.22. The average molecular weight is 310 g/mol. The van der Waals surface area contributed by atoms with Crippen LogP contribution in [0.5, 0.6) is 0 Å². The van der Waals surface area contributed by atoms with E-state index in [-0.39, 0.29) is 24.1 Å². The van der Waals surface area contributed by atoms with Crippen LogP contribution >= 0.6 is 22.6 Å². The van der Waals surface area contributed by atoms with E-state index in [2.05, 4.69) is 22.6 Å². The molecule has 14 heavy (non-hydrogen) atoms. The molecule has 0 unspecified atom stereocenters. The van der Waals surface area contributed by atoms with Crippen molar-refractivity contribution in [2.75, 3.05) is 11.0 Å². The Kier molecular flexibility index (Phi) is 4.84. The Balaban J connectivity index is 2.38. The van der Waals surface area contributed by atoms with E-state index in [0.29, 0.717) is 18.9 Å². The van der Waals surface area contributed by atoms with E-state index in [1.165, 1.54) is 0 Å². The lowest BCUT2D eigenvalue weighted by atomic mass is 10.0. The Bertz CT molecular complexity index is 227. The fourth-order valence-corrected chi connectivity index (χ4v) is 2.48. The number of esters is 1. The van der Waals surface area contributed by atoms with Gasteiger partial charge in [-0.25, -0.2) is 0 Å². The molecule has 0 bridgehead atoms. The Morgan fingerprint density at radius 1 is 1.64 bits per heavy atom. The van der Waals surface area contributed by atoms with Gasteiger partial charge >= 0.3 is 5.97 Å². The molecular formula is C10H15IO3. The number of halogens is 1. The van der Waals surface area contributed by atoms with E-state index in [4.69, 9.17) is 4.74 Å². The van der Waals surface area contributed by atoms with Crippen molar-refractivity contribution in [1.29, 1.82) is 0 Å². The molecule has 1 aliphatic carbocycles. The van der Waals surface area contributed by atoms with E-state index in [1.807, 2.05) is 0 Å². The first-order chi connectivity index (χ1) is 6.67. The number of alkyl halides is 1. The zero-order chi connectivity index (χ0) is 10.6. The number of rotatable bonds is 4. The zero-order valence-electron chi connectivity index (χ0n) is 8.29. The first-order valence-corrected chi connectivity index (χ1v) is 6.44. The molecule has 1 rings (SSSR count). The molecule has 0 saturated heterocycles. The highest BCUT2D eigenvalue weighted by molar-refractivity contribution is 14.1. The molecule has 80 valence electrons. The highest BCUT2D eigenvalue weighted by Crippen LogP contribution is 2.31. The smallest absolute Gasteiger partial charge is 0.306 e. The molecule has 0 amide bonds. The predicted octanol–water partition coefficient (Wildman–Crippen LogP) is 1.97. The lowest BCUT2D eigenvalue weighted by molar-refractivity contribution is -0.145. The minimum atomic E-state index is -0.236. The van der Waals surface area contributed by atoms with Crippen LogP contribution in [0.2, 0.25) is 0 Å². The van der Waals surface area contributed by atoms with Crippen LogP contribution < -0.4 is 0 Å². The Hall–Kier alpha value is -0.130. The topological polar surface area (TPSA) is 43.4 Å². The fraction of sp³-hybridized carbons (Fsp3) is 0.800. The third-order valence-electron chi connectivity index (χ3n) is 2.50. The summed E-state index contributed by atoms with van der Waals surface area (Å²) in [5.74, 6) is 0.399. The number of carbonyl (C=O) groups excluding carboxylic acids is 2. The van der Waals surface area contributed by atoms with Gasteiger partial charge in [0.25, 0.3) is 0 Å². The van der Waals surface area contributed by atoms with E-state index >= 15 is 0 Å². The lowest BCUT2D eigenvalue weighted by Crippen LogP contribution is -2.14. The maximum atomic E-state index is 11.5. The molecule has 0 spiro atoms. The normalized spacial score (nSPS) is 26.6. The van der Waals surface area contributed by atoms with Gasteiger partial charge in [-0.15, -0.1) is 0 Å². The molecule has 0 aromatic rings.